The van der Waals surface area contributed by atoms with Crippen LogP contribution in [0.1, 0.15) is 37.4 Å². The normalized spacial score (nSPS) is 15.7. The van der Waals surface area contributed by atoms with Crippen LogP contribution in [-0.4, -0.2) is 73.9 Å². The third-order valence-electron chi connectivity index (χ3n) is 5.84. The van der Waals surface area contributed by atoms with Crippen LogP contribution in [0.25, 0.3) is 0 Å². The molecule has 2 aliphatic rings. The molecule has 0 bridgehead atoms. The van der Waals surface area contributed by atoms with Gasteiger partial charge < -0.3 is 20.0 Å². The predicted molar refractivity (Wildman–Crippen MR) is 120 cm³/mol. The molecule has 166 valence electrons. The van der Waals surface area contributed by atoms with Gasteiger partial charge >= 0.3 is 0 Å². The Morgan fingerprint density at radius 3 is 2.62 bits per heavy atom. The maximum absolute atomic E-state index is 13.3. The highest BCUT2D eigenvalue weighted by molar-refractivity contribution is 6.07. The Morgan fingerprint density at radius 2 is 1.91 bits per heavy atom. The Hall–Kier alpha value is -3.68. The van der Waals surface area contributed by atoms with Gasteiger partial charge in [0.2, 0.25) is 6.41 Å². The Balaban J connectivity index is 1.65. The highest BCUT2D eigenvalue weighted by Gasteiger charge is 2.28. The Labute approximate surface area is 186 Å². The molecule has 0 spiro atoms. The van der Waals surface area contributed by atoms with Crippen molar-refractivity contribution in [2.24, 2.45) is 5.10 Å². The highest BCUT2D eigenvalue weighted by atomic mass is 16.5. The van der Waals surface area contributed by atoms with E-state index in [9.17, 15) is 14.4 Å². The molecule has 2 amide bonds. The Morgan fingerprint density at radius 1 is 1.12 bits per heavy atom. The molecule has 0 saturated carbocycles. The standard InChI is InChI=1S/C24H26N4O4/c1-25-26-22(20-5-3-2-4-19(20)15-29)14-17-12-18-6-11-32-23(18)21(13-17)24(31)28-9-7-27(16-30)8-10-28/h2-5,12-13,15-16,25H,6-11,14H2,1H3/b26-22-. The third-order valence-corrected chi connectivity index (χ3v) is 5.84. The highest BCUT2D eigenvalue weighted by Crippen LogP contribution is 2.33. The van der Waals surface area contributed by atoms with Gasteiger partial charge in [0.15, 0.2) is 6.29 Å². The molecule has 2 aromatic carbocycles. The lowest BCUT2D eigenvalue weighted by atomic mass is 9.95. The van der Waals surface area contributed by atoms with Crippen molar-refractivity contribution in [1.82, 2.24) is 15.2 Å². The number of fused-ring (bicyclic) bond motifs is 1. The van der Waals surface area contributed by atoms with Crippen molar-refractivity contribution in [3.63, 3.8) is 0 Å². The zero-order valence-electron chi connectivity index (χ0n) is 18.0. The molecule has 1 fully saturated rings. The van der Waals surface area contributed by atoms with Crippen molar-refractivity contribution < 1.29 is 19.1 Å². The summed E-state index contributed by atoms with van der Waals surface area (Å²) >= 11 is 0. The molecular weight excluding hydrogens is 408 g/mol. The van der Waals surface area contributed by atoms with Gasteiger partial charge in [-0.2, -0.15) is 5.10 Å². The first-order chi connectivity index (χ1) is 15.6. The fraction of sp³-hybridized carbons (Fsp3) is 0.333. The number of hydrogen-bond acceptors (Lipinski definition) is 6. The summed E-state index contributed by atoms with van der Waals surface area (Å²) < 4.78 is 5.81. The average molecular weight is 434 g/mol. The van der Waals surface area contributed by atoms with Crippen LogP contribution in [0.2, 0.25) is 0 Å². The fourth-order valence-corrected chi connectivity index (χ4v) is 4.22. The lowest BCUT2D eigenvalue weighted by molar-refractivity contribution is -0.119. The predicted octanol–water partition coefficient (Wildman–Crippen LogP) is 1.51. The molecule has 2 aliphatic heterocycles. The molecule has 1 saturated heterocycles. The molecule has 2 heterocycles. The number of hydrogen-bond donors (Lipinski definition) is 1. The van der Waals surface area contributed by atoms with E-state index < -0.39 is 0 Å². The smallest absolute Gasteiger partial charge is 0.257 e. The van der Waals surface area contributed by atoms with E-state index in [1.807, 2.05) is 24.3 Å². The number of nitrogens with zero attached hydrogens (tertiary/aromatic N) is 3. The second-order valence-corrected chi connectivity index (χ2v) is 7.83. The maximum Gasteiger partial charge on any atom is 0.257 e. The maximum atomic E-state index is 13.3. The van der Waals surface area contributed by atoms with Gasteiger partial charge in [-0.05, 0) is 17.2 Å². The Kier molecular flexibility index (Phi) is 6.49. The van der Waals surface area contributed by atoms with Crippen molar-refractivity contribution in [2.45, 2.75) is 12.8 Å². The van der Waals surface area contributed by atoms with Crippen molar-refractivity contribution in [3.05, 3.63) is 64.2 Å². The van der Waals surface area contributed by atoms with Crippen LogP contribution in [0.15, 0.2) is 41.5 Å². The van der Waals surface area contributed by atoms with Crippen molar-refractivity contribution in [1.29, 1.82) is 0 Å². The van der Waals surface area contributed by atoms with Gasteiger partial charge in [0, 0.05) is 57.2 Å². The lowest BCUT2D eigenvalue weighted by Gasteiger charge is -2.33. The van der Waals surface area contributed by atoms with E-state index in [0.29, 0.717) is 61.8 Å². The van der Waals surface area contributed by atoms with Gasteiger partial charge in [0.05, 0.1) is 17.9 Å². The van der Waals surface area contributed by atoms with Crippen LogP contribution < -0.4 is 10.2 Å². The summed E-state index contributed by atoms with van der Waals surface area (Å²) in [4.78, 5) is 39.3. The Bertz CT molecular complexity index is 1060. The summed E-state index contributed by atoms with van der Waals surface area (Å²) in [7, 11) is 1.72. The quantitative estimate of drug-likeness (QED) is 0.405. The van der Waals surface area contributed by atoms with Gasteiger partial charge in [0.25, 0.3) is 5.91 Å². The molecule has 1 N–H and O–H groups in total. The van der Waals surface area contributed by atoms with E-state index in [1.165, 1.54) is 0 Å². The molecular formula is C24H26N4O4. The first kappa shape index (κ1) is 21.5. The first-order valence-corrected chi connectivity index (χ1v) is 10.7. The van der Waals surface area contributed by atoms with E-state index in [0.717, 1.165) is 35.8 Å². The molecule has 2 aromatic rings. The number of ether oxygens (including phenoxy) is 1. The van der Waals surface area contributed by atoms with Crippen molar-refractivity contribution >= 4 is 24.3 Å². The molecule has 0 aliphatic carbocycles. The number of rotatable bonds is 7. The molecule has 0 aromatic heterocycles. The van der Waals surface area contributed by atoms with Gasteiger partial charge in [-0.3, -0.25) is 14.4 Å². The second-order valence-electron chi connectivity index (χ2n) is 7.83. The fourth-order valence-electron chi connectivity index (χ4n) is 4.22. The molecule has 0 unspecified atom stereocenters. The van der Waals surface area contributed by atoms with Gasteiger partial charge in [-0.1, -0.05) is 30.3 Å². The van der Waals surface area contributed by atoms with E-state index in [1.54, 1.807) is 22.9 Å². The summed E-state index contributed by atoms with van der Waals surface area (Å²) in [5, 5.41) is 4.42. The summed E-state index contributed by atoms with van der Waals surface area (Å²) in [5.74, 6) is 0.563. The first-order valence-electron chi connectivity index (χ1n) is 10.7. The minimum atomic E-state index is -0.0871. The zero-order valence-corrected chi connectivity index (χ0v) is 18.0. The van der Waals surface area contributed by atoms with Crippen LogP contribution in [0.4, 0.5) is 0 Å². The minimum absolute atomic E-state index is 0.0871. The van der Waals surface area contributed by atoms with E-state index in [2.05, 4.69) is 16.6 Å². The molecule has 32 heavy (non-hydrogen) atoms. The zero-order chi connectivity index (χ0) is 22.5. The topological polar surface area (TPSA) is 91.3 Å². The van der Waals surface area contributed by atoms with Gasteiger partial charge in [-0.25, -0.2) is 0 Å². The van der Waals surface area contributed by atoms with Gasteiger partial charge in [-0.15, -0.1) is 0 Å². The lowest BCUT2D eigenvalue weighted by Crippen LogP contribution is -2.48. The van der Waals surface area contributed by atoms with E-state index >= 15 is 0 Å². The summed E-state index contributed by atoms with van der Waals surface area (Å²) in [6, 6.07) is 11.2. The van der Waals surface area contributed by atoms with Crippen molar-refractivity contribution in [2.75, 3.05) is 39.8 Å². The number of benzene rings is 2. The number of amides is 2. The molecule has 8 nitrogen and oxygen atoms in total. The largest absolute Gasteiger partial charge is 0.492 e. The number of carbonyl (C=O) groups excluding carboxylic acids is 3. The molecule has 0 atom stereocenters. The SMILES string of the molecule is CN/N=C(/Cc1cc2c(c(C(=O)N3CCN(C=O)CC3)c1)OCC2)c1ccccc1C=O. The molecule has 0 radical (unpaired) electrons. The number of aldehydes is 1. The number of nitrogens with one attached hydrogen (secondary N) is 1. The number of hydrazone groups is 1. The summed E-state index contributed by atoms with van der Waals surface area (Å²) in [5.41, 5.74) is 7.34. The van der Waals surface area contributed by atoms with Crippen LogP contribution in [0.3, 0.4) is 0 Å². The van der Waals surface area contributed by atoms with Crippen LogP contribution in [0, 0.1) is 0 Å². The van der Waals surface area contributed by atoms with Crippen molar-refractivity contribution in [3.8, 4) is 5.75 Å². The molecule has 8 heteroatoms. The summed E-state index contributed by atoms with van der Waals surface area (Å²) in [6.45, 7) is 2.59. The van der Waals surface area contributed by atoms with E-state index in [4.69, 9.17) is 4.74 Å². The van der Waals surface area contributed by atoms with Gasteiger partial charge in [0.1, 0.15) is 5.75 Å². The average Bonchev–Trinajstić information content (AvgIpc) is 3.31. The van der Waals surface area contributed by atoms with Crippen LogP contribution >= 0.6 is 0 Å². The van der Waals surface area contributed by atoms with E-state index in [-0.39, 0.29) is 5.91 Å². The number of carbonyl (C=O) groups is 3. The number of piperazine rings is 1. The second kappa shape index (κ2) is 9.64. The summed E-state index contributed by atoms with van der Waals surface area (Å²) in [6.07, 6.45) is 2.85. The third kappa shape index (κ3) is 4.34. The van der Waals surface area contributed by atoms with Crippen LogP contribution in [-0.2, 0) is 17.6 Å². The van der Waals surface area contributed by atoms with Crippen LogP contribution in [0.5, 0.6) is 5.75 Å². The monoisotopic (exact) mass is 434 g/mol. The molecule has 4 rings (SSSR count). The minimum Gasteiger partial charge on any atom is -0.492 e.